The van der Waals surface area contributed by atoms with E-state index in [-0.39, 0.29) is 23.2 Å². The molecule has 8 N–H and O–H groups in total. The molecule has 0 saturated carbocycles. The van der Waals surface area contributed by atoms with Crippen molar-refractivity contribution in [3.05, 3.63) is 76.9 Å². The molecule has 2 heterocycles. The van der Waals surface area contributed by atoms with Gasteiger partial charge in [-0.15, -0.1) is 0 Å². The first-order valence-electron chi connectivity index (χ1n) is 13.4. The average molecular weight is 694 g/mol. The quantitative estimate of drug-likeness (QED) is 0.0827. The summed E-state index contributed by atoms with van der Waals surface area (Å²) in [6, 6.07) is 17.2. The fraction of sp³-hybridized carbons (Fsp3) is 0.286. The van der Waals surface area contributed by atoms with E-state index in [4.69, 9.17) is 24.5 Å². The van der Waals surface area contributed by atoms with Crippen molar-refractivity contribution in [1.29, 1.82) is 5.41 Å². The number of nitrogens with two attached hydrogens (primary N) is 1. The van der Waals surface area contributed by atoms with Crippen molar-refractivity contribution in [3.8, 4) is 0 Å². The van der Waals surface area contributed by atoms with Crippen molar-refractivity contribution in [3.63, 3.8) is 0 Å². The number of carbonyl (C=O) groups excluding carboxylic acids is 1. The minimum Gasteiger partial charge on any atom is -0.370 e. The third-order valence-electron chi connectivity index (χ3n) is 7.22. The summed E-state index contributed by atoms with van der Waals surface area (Å²) < 4.78 is 53.4. The molecule has 12 nitrogen and oxygen atoms in total. The highest BCUT2D eigenvalue weighted by atomic mass is 79.9. The van der Waals surface area contributed by atoms with Gasteiger partial charge in [0.15, 0.2) is 5.96 Å². The number of sulfonamides is 1. The van der Waals surface area contributed by atoms with E-state index >= 15 is 0 Å². The van der Waals surface area contributed by atoms with Crippen LogP contribution in [0.5, 0.6) is 0 Å². The summed E-state index contributed by atoms with van der Waals surface area (Å²) in [6.45, 7) is 1.68. The fourth-order valence-electron chi connectivity index (χ4n) is 5.14. The molecule has 43 heavy (non-hydrogen) atoms. The van der Waals surface area contributed by atoms with Crippen LogP contribution < -0.4 is 15.8 Å². The van der Waals surface area contributed by atoms with Crippen LogP contribution in [0.15, 0.2) is 76.2 Å². The van der Waals surface area contributed by atoms with Crippen LogP contribution >= 0.6 is 15.9 Å². The van der Waals surface area contributed by atoms with E-state index < -0.39 is 33.3 Å². The number of nitrogens with zero attached hydrogens (tertiary/aromatic N) is 1. The lowest BCUT2D eigenvalue weighted by Crippen LogP contribution is -2.51. The lowest BCUT2D eigenvalue weighted by molar-refractivity contribution is -0.122. The third kappa shape index (κ3) is 8.84. The molecular formula is C28H33BrN6O6S2. The lowest BCUT2D eigenvalue weighted by Gasteiger charge is -2.33. The van der Waals surface area contributed by atoms with Gasteiger partial charge in [-0.2, -0.15) is 8.93 Å². The molecule has 1 fully saturated rings. The second-order valence-electron chi connectivity index (χ2n) is 10.2. The van der Waals surface area contributed by atoms with Gasteiger partial charge in [-0.05, 0) is 71.8 Å². The summed E-state index contributed by atoms with van der Waals surface area (Å²) in [7, 11) is -4.01. The predicted molar refractivity (Wildman–Crippen MR) is 170 cm³/mol. The van der Waals surface area contributed by atoms with Gasteiger partial charge >= 0.3 is 0 Å². The standard InChI is InChI=1S/C28H31BrN6O3S.H2O3S/c29-22-8-10-25-24(14-22)21(16-32-25)13-26(27(36)33-15-18-4-3-11-35(17-18)28(30)31)34-39(37,38)23-9-7-19-5-1-2-6-20(19)12-23;1-4(2)3/h1-2,5-10,12,14,16,18,26,32,34H,3-4,11,13,15,17H2,(H3,30,31)(H,33,36);(H2,1,2,3). The zero-order valence-corrected chi connectivity index (χ0v) is 26.2. The highest BCUT2D eigenvalue weighted by molar-refractivity contribution is 9.10. The number of aromatic nitrogens is 1. The van der Waals surface area contributed by atoms with E-state index in [1.54, 1.807) is 23.1 Å². The van der Waals surface area contributed by atoms with E-state index in [9.17, 15) is 13.2 Å². The maximum Gasteiger partial charge on any atom is 0.299 e. The maximum absolute atomic E-state index is 13.5. The normalized spacial score (nSPS) is 16.1. The molecule has 0 radical (unpaired) electrons. The zero-order valence-electron chi connectivity index (χ0n) is 23.0. The molecule has 3 aromatic carbocycles. The smallest absolute Gasteiger partial charge is 0.299 e. The summed E-state index contributed by atoms with van der Waals surface area (Å²) >= 11 is 0.886. The van der Waals surface area contributed by atoms with Crippen molar-refractivity contribution >= 4 is 70.9 Å². The number of benzene rings is 3. The molecule has 1 aromatic heterocycles. The van der Waals surface area contributed by atoms with Crippen LogP contribution in [0.4, 0.5) is 0 Å². The molecule has 1 aliphatic heterocycles. The minimum atomic E-state index is -4.01. The molecule has 230 valence electrons. The second kappa shape index (κ2) is 14.4. The molecule has 2 unspecified atom stereocenters. The van der Waals surface area contributed by atoms with Gasteiger partial charge in [-0.25, -0.2) is 8.42 Å². The molecule has 1 amide bonds. The number of amides is 1. The molecule has 0 aliphatic carbocycles. The summed E-state index contributed by atoms with van der Waals surface area (Å²) in [6.07, 6.45) is 3.75. The first kappa shape index (κ1) is 32.6. The van der Waals surface area contributed by atoms with Crippen LogP contribution in [0.2, 0.25) is 0 Å². The lowest BCUT2D eigenvalue weighted by atomic mass is 9.98. The van der Waals surface area contributed by atoms with Crippen molar-refractivity contribution in [2.75, 3.05) is 19.6 Å². The van der Waals surface area contributed by atoms with Gasteiger partial charge in [-0.1, -0.05) is 46.3 Å². The highest BCUT2D eigenvalue weighted by Crippen LogP contribution is 2.25. The highest BCUT2D eigenvalue weighted by Gasteiger charge is 2.29. The Morgan fingerprint density at radius 2 is 1.88 bits per heavy atom. The number of H-pyrrole nitrogens is 1. The Morgan fingerprint density at radius 1 is 1.16 bits per heavy atom. The Kier molecular flexibility index (Phi) is 10.9. The van der Waals surface area contributed by atoms with Crippen LogP contribution in [0.3, 0.4) is 0 Å². The Morgan fingerprint density at radius 3 is 2.60 bits per heavy atom. The van der Waals surface area contributed by atoms with E-state index in [1.165, 1.54) is 0 Å². The van der Waals surface area contributed by atoms with Crippen LogP contribution in [0.25, 0.3) is 21.7 Å². The molecule has 15 heteroatoms. The van der Waals surface area contributed by atoms with Crippen molar-refractivity contribution in [1.82, 2.24) is 19.9 Å². The van der Waals surface area contributed by atoms with E-state index in [0.29, 0.717) is 13.1 Å². The van der Waals surface area contributed by atoms with Crippen molar-refractivity contribution in [2.24, 2.45) is 11.7 Å². The van der Waals surface area contributed by atoms with Gasteiger partial charge in [0.25, 0.3) is 11.4 Å². The second-order valence-corrected chi connectivity index (χ2v) is 13.3. The number of fused-ring (bicyclic) bond motifs is 2. The largest absolute Gasteiger partial charge is 0.370 e. The zero-order chi connectivity index (χ0) is 31.1. The van der Waals surface area contributed by atoms with Gasteiger partial charge < -0.3 is 20.9 Å². The number of piperidine rings is 1. The molecule has 4 aromatic rings. The molecule has 1 saturated heterocycles. The molecule has 5 rings (SSSR count). The van der Waals surface area contributed by atoms with Crippen LogP contribution in [0, 0.1) is 11.3 Å². The van der Waals surface area contributed by atoms with Crippen LogP contribution in [0.1, 0.15) is 18.4 Å². The van der Waals surface area contributed by atoms with Crippen LogP contribution in [-0.4, -0.2) is 69.2 Å². The predicted octanol–water partition coefficient (Wildman–Crippen LogP) is 3.38. The number of aromatic amines is 1. The number of guanidine groups is 1. The number of likely N-dealkylation sites (tertiary alicyclic amines) is 1. The third-order valence-corrected chi connectivity index (χ3v) is 9.19. The first-order valence-corrected chi connectivity index (χ1v) is 16.7. The molecule has 2 atom stereocenters. The summed E-state index contributed by atoms with van der Waals surface area (Å²) in [5.41, 5.74) is 7.39. The van der Waals surface area contributed by atoms with Gasteiger partial charge in [0.2, 0.25) is 15.9 Å². The fourth-order valence-corrected chi connectivity index (χ4v) is 6.73. The summed E-state index contributed by atoms with van der Waals surface area (Å²) in [5, 5.41) is 13.3. The summed E-state index contributed by atoms with van der Waals surface area (Å²) in [4.78, 5) is 18.6. The Hall–Kier alpha value is -3.34. The molecule has 0 bridgehead atoms. The van der Waals surface area contributed by atoms with Gasteiger partial charge in [0.1, 0.15) is 6.04 Å². The number of halogens is 1. The Labute approximate surface area is 260 Å². The molecule has 1 aliphatic rings. The SMILES string of the molecule is N=C(N)N1CCCC(CNC(=O)C(Cc2c[nH]c3ccc(Br)cc23)NS(=O)(=O)c2ccc3ccccc3c2)C1.O=S(O)O. The number of hydrogen-bond donors (Lipinski definition) is 7. The minimum absolute atomic E-state index is 0.0255. The van der Waals surface area contributed by atoms with Crippen molar-refractivity contribution in [2.45, 2.75) is 30.2 Å². The Bertz CT molecular complexity index is 1740. The average Bonchev–Trinajstić information content (AvgIpc) is 3.36. The summed E-state index contributed by atoms with van der Waals surface area (Å²) in [5.74, 6) is -0.255. The van der Waals surface area contributed by atoms with Crippen LogP contribution in [-0.2, 0) is 32.6 Å². The first-order chi connectivity index (χ1) is 20.4. The molecular weight excluding hydrogens is 660 g/mol. The van der Waals surface area contributed by atoms with Gasteiger partial charge in [0.05, 0.1) is 4.90 Å². The Balaban J connectivity index is 0.000000996. The van der Waals surface area contributed by atoms with Gasteiger partial charge in [-0.3, -0.25) is 19.3 Å². The van der Waals surface area contributed by atoms with E-state index in [0.717, 1.165) is 51.1 Å². The number of rotatable bonds is 8. The van der Waals surface area contributed by atoms with E-state index in [1.807, 2.05) is 48.7 Å². The number of nitrogens with one attached hydrogen (secondary N) is 4. The number of carbonyl (C=O) groups is 1. The maximum atomic E-state index is 13.5. The topological polar surface area (TPSA) is 202 Å². The number of hydrogen-bond acceptors (Lipinski definition) is 5. The van der Waals surface area contributed by atoms with E-state index in [2.05, 4.69) is 31.0 Å². The monoisotopic (exact) mass is 692 g/mol. The van der Waals surface area contributed by atoms with Gasteiger partial charge in [0, 0.05) is 41.2 Å². The molecule has 0 spiro atoms. The van der Waals surface area contributed by atoms with Crippen molar-refractivity contribution < 1.29 is 26.5 Å².